The van der Waals surface area contributed by atoms with Crippen LogP contribution in [0.2, 0.25) is 0 Å². The predicted molar refractivity (Wildman–Crippen MR) is 69.0 cm³/mol. The monoisotopic (exact) mass is 267 g/mol. The number of methoxy groups -OCH3 is 1. The van der Waals surface area contributed by atoms with Crippen LogP contribution in [0.5, 0.6) is 5.75 Å². The molecule has 1 aromatic rings. The zero-order chi connectivity index (χ0) is 13.8. The number of carbonyl (C=O) groups excluding carboxylic acids is 1. The lowest BCUT2D eigenvalue weighted by Gasteiger charge is -2.29. The van der Waals surface area contributed by atoms with Crippen molar-refractivity contribution in [2.75, 3.05) is 26.7 Å². The highest BCUT2D eigenvalue weighted by Gasteiger charge is 2.20. The van der Waals surface area contributed by atoms with Crippen LogP contribution < -0.4 is 4.74 Å². The Balaban J connectivity index is 2.01. The van der Waals surface area contributed by atoms with E-state index < -0.39 is 5.82 Å². The van der Waals surface area contributed by atoms with Crippen molar-refractivity contribution in [2.24, 2.45) is 0 Å². The number of hydrogen-bond acceptors (Lipinski definition) is 4. The number of aliphatic hydroxyl groups excluding tert-OH is 1. The number of Topliss-reactive ketones (excluding diaryl/α,β-unsaturated/α-hetero) is 1. The molecule has 19 heavy (non-hydrogen) atoms. The first-order chi connectivity index (χ1) is 9.10. The van der Waals surface area contributed by atoms with Gasteiger partial charge in [-0.15, -0.1) is 0 Å². The number of likely N-dealkylation sites (tertiary alicyclic amines) is 1. The highest BCUT2D eigenvalue weighted by Crippen LogP contribution is 2.18. The Morgan fingerprint density at radius 2 is 2.37 bits per heavy atom. The summed E-state index contributed by atoms with van der Waals surface area (Å²) in [5.41, 5.74) is 0.332. The minimum Gasteiger partial charge on any atom is -0.494 e. The Morgan fingerprint density at radius 3 is 3.00 bits per heavy atom. The van der Waals surface area contributed by atoms with Gasteiger partial charge in [-0.2, -0.15) is 0 Å². The van der Waals surface area contributed by atoms with Crippen molar-refractivity contribution in [2.45, 2.75) is 18.9 Å². The molecular weight excluding hydrogens is 249 g/mol. The Hall–Kier alpha value is -1.46. The molecule has 1 heterocycles. The number of halogens is 1. The van der Waals surface area contributed by atoms with Gasteiger partial charge < -0.3 is 9.84 Å². The summed E-state index contributed by atoms with van der Waals surface area (Å²) in [7, 11) is 1.38. The van der Waals surface area contributed by atoms with Crippen LogP contribution in [0.25, 0.3) is 0 Å². The number of ether oxygens (including phenoxy) is 1. The SMILES string of the molecule is COc1ccc(C(=O)CN2CCCC(O)C2)cc1F. The van der Waals surface area contributed by atoms with Gasteiger partial charge >= 0.3 is 0 Å². The average molecular weight is 267 g/mol. The number of benzene rings is 1. The summed E-state index contributed by atoms with van der Waals surface area (Å²) in [6.07, 6.45) is 1.29. The van der Waals surface area contributed by atoms with E-state index in [0.29, 0.717) is 12.1 Å². The van der Waals surface area contributed by atoms with Gasteiger partial charge in [-0.1, -0.05) is 0 Å². The molecule has 0 bridgehead atoms. The van der Waals surface area contributed by atoms with Gasteiger partial charge in [0.15, 0.2) is 17.3 Å². The molecule has 0 aliphatic carbocycles. The fourth-order valence-electron chi connectivity index (χ4n) is 2.31. The van der Waals surface area contributed by atoms with Crippen molar-refractivity contribution >= 4 is 5.78 Å². The van der Waals surface area contributed by atoms with Crippen molar-refractivity contribution in [3.05, 3.63) is 29.6 Å². The average Bonchev–Trinajstić information content (AvgIpc) is 2.38. The molecular formula is C14H18FNO3. The quantitative estimate of drug-likeness (QED) is 0.839. The number of aliphatic hydroxyl groups is 1. The van der Waals surface area contributed by atoms with Gasteiger partial charge in [0, 0.05) is 12.1 Å². The van der Waals surface area contributed by atoms with Crippen LogP contribution in [-0.4, -0.2) is 48.6 Å². The molecule has 0 amide bonds. The molecule has 0 radical (unpaired) electrons. The molecule has 1 N–H and O–H groups in total. The molecule has 1 aliphatic heterocycles. The Kier molecular flexibility index (Phi) is 4.50. The van der Waals surface area contributed by atoms with Crippen LogP contribution in [0.15, 0.2) is 18.2 Å². The standard InChI is InChI=1S/C14H18FNO3/c1-19-14-5-4-10(7-12(14)15)13(18)9-16-6-2-3-11(17)8-16/h4-5,7,11,17H,2-3,6,8-9H2,1H3. The third-order valence-corrected chi connectivity index (χ3v) is 3.32. The predicted octanol–water partition coefficient (Wildman–Crippen LogP) is 1.47. The van der Waals surface area contributed by atoms with Crippen LogP contribution in [-0.2, 0) is 0 Å². The topological polar surface area (TPSA) is 49.8 Å². The maximum atomic E-state index is 13.5. The van der Waals surface area contributed by atoms with E-state index in [9.17, 15) is 14.3 Å². The second-order valence-corrected chi connectivity index (χ2v) is 4.80. The molecule has 1 unspecified atom stereocenters. The van der Waals surface area contributed by atoms with Crippen LogP contribution in [0.1, 0.15) is 23.2 Å². The summed E-state index contributed by atoms with van der Waals surface area (Å²) in [6, 6.07) is 4.21. The van der Waals surface area contributed by atoms with Crippen LogP contribution in [0, 0.1) is 5.82 Å². The molecule has 1 saturated heterocycles. The first-order valence-corrected chi connectivity index (χ1v) is 6.37. The Morgan fingerprint density at radius 1 is 1.58 bits per heavy atom. The lowest BCUT2D eigenvalue weighted by Crippen LogP contribution is -2.41. The van der Waals surface area contributed by atoms with Gasteiger partial charge in [-0.3, -0.25) is 9.69 Å². The van der Waals surface area contributed by atoms with Crippen molar-refractivity contribution in [1.82, 2.24) is 4.90 Å². The fourth-order valence-corrected chi connectivity index (χ4v) is 2.31. The molecule has 104 valence electrons. The lowest BCUT2D eigenvalue weighted by atomic mass is 10.1. The Bertz CT molecular complexity index is 464. The lowest BCUT2D eigenvalue weighted by molar-refractivity contribution is 0.0634. The molecule has 5 heteroatoms. The molecule has 0 spiro atoms. The molecule has 1 aliphatic rings. The van der Waals surface area contributed by atoms with Crippen molar-refractivity contribution in [3.8, 4) is 5.75 Å². The second-order valence-electron chi connectivity index (χ2n) is 4.80. The van der Waals surface area contributed by atoms with E-state index in [4.69, 9.17) is 4.74 Å². The summed E-state index contributed by atoms with van der Waals surface area (Å²) in [5, 5.41) is 9.55. The van der Waals surface area contributed by atoms with Crippen LogP contribution >= 0.6 is 0 Å². The summed E-state index contributed by atoms with van der Waals surface area (Å²) >= 11 is 0. The largest absolute Gasteiger partial charge is 0.494 e. The number of rotatable bonds is 4. The third-order valence-electron chi connectivity index (χ3n) is 3.32. The molecule has 2 rings (SSSR count). The number of carbonyl (C=O) groups is 1. The first kappa shape index (κ1) is 14.0. The molecule has 0 saturated carbocycles. The molecule has 1 aromatic carbocycles. The van der Waals surface area contributed by atoms with E-state index in [1.807, 2.05) is 4.90 Å². The van der Waals surface area contributed by atoms with Gasteiger partial charge in [0.05, 0.1) is 19.8 Å². The summed E-state index contributed by atoms with van der Waals surface area (Å²) in [6.45, 7) is 1.51. The van der Waals surface area contributed by atoms with Gasteiger partial charge in [-0.05, 0) is 37.6 Å². The van der Waals surface area contributed by atoms with E-state index >= 15 is 0 Å². The highest BCUT2D eigenvalue weighted by atomic mass is 19.1. The van der Waals surface area contributed by atoms with E-state index in [0.717, 1.165) is 19.4 Å². The molecule has 0 aromatic heterocycles. The number of hydrogen-bond donors (Lipinski definition) is 1. The fraction of sp³-hybridized carbons (Fsp3) is 0.500. The normalized spacial score (nSPS) is 20.3. The Labute approximate surface area is 111 Å². The van der Waals surface area contributed by atoms with E-state index in [1.165, 1.54) is 19.2 Å². The number of nitrogens with zero attached hydrogens (tertiary/aromatic N) is 1. The maximum absolute atomic E-state index is 13.5. The summed E-state index contributed by atoms with van der Waals surface area (Å²) < 4.78 is 18.3. The van der Waals surface area contributed by atoms with Gasteiger partial charge in [0.25, 0.3) is 0 Å². The summed E-state index contributed by atoms with van der Waals surface area (Å²) in [4.78, 5) is 13.9. The number of ketones is 1. The van der Waals surface area contributed by atoms with Crippen LogP contribution in [0.3, 0.4) is 0 Å². The van der Waals surface area contributed by atoms with Crippen molar-refractivity contribution in [1.29, 1.82) is 0 Å². The minimum atomic E-state index is -0.535. The van der Waals surface area contributed by atoms with Gasteiger partial charge in [-0.25, -0.2) is 4.39 Å². The smallest absolute Gasteiger partial charge is 0.176 e. The zero-order valence-corrected chi connectivity index (χ0v) is 10.9. The molecule has 4 nitrogen and oxygen atoms in total. The van der Waals surface area contributed by atoms with Gasteiger partial charge in [0.1, 0.15) is 0 Å². The van der Waals surface area contributed by atoms with Crippen molar-refractivity contribution < 1.29 is 19.0 Å². The maximum Gasteiger partial charge on any atom is 0.176 e. The van der Waals surface area contributed by atoms with Crippen molar-refractivity contribution in [3.63, 3.8) is 0 Å². The van der Waals surface area contributed by atoms with Crippen LogP contribution in [0.4, 0.5) is 4.39 Å². The van der Waals surface area contributed by atoms with E-state index in [2.05, 4.69) is 0 Å². The highest BCUT2D eigenvalue weighted by molar-refractivity contribution is 5.97. The molecule has 1 atom stereocenters. The summed E-state index contributed by atoms with van der Waals surface area (Å²) in [5.74, 6) is -0.548. The third kappa shape index (κ3) is 3.52. The molecule has 1 fully saturated rings. The number of β-amino-alcohol motifs (C(OH)–C–C–N with tert-alkyl or cyclic N) is 1. The zero-order valence-electron chi connectivity index (χ0n) is 10.9. The first-order valence-electron chi connectivity index (χ1n) is 6.37. The second kappa shape index (κ2) is 6.12. The van der Waals surface area contributed by atoms with Gasteiger partial charge in [0.2, 0.25) is 0 Å². The minimum absolute atomic E-state index is 0.130. The van der Waals surface area contributed by atoms with E-state index in [1.54, 1.807) is 6.07 Å². The van der Waals surface area contributed by atoms with E-state index in [-0.39, 0.29) is 24.2 Å². The number of piperidine rings is 1.